The SMILES string of the molecule is CN(c1ccc2c(c1)c1ccccc1n2-c1ccccc1)c1ccccc1-c1ccccc1. The second-order valence-electron chi connectivity index (χ2n) is 8.33. The summed E-state index contributed by atoms with van der Waals surface area (Å²) in [5.74, 6) is 0. The van der Waals surface area contributed by atoms with E-state index in [0.29, 0.717) is 0 Å². The maximum absolute atomic E-state index is 2.35. The van der Waals surface area contributed by atoms with Crippen molar-refractivity contribution >= 4 is 33.2 Å². The van der Waals surface area contributed by atoms with Crippen molar-refractivity contribution in [1.29, 1.82) is 0 Å². The minimum atomic E-state index is 1.17. The van der Waals surface area contributed by atoms with Gasteiger partial charge in [-0.3, -0.25) is 0 Å². The highest BCUT2D eigenvalue weighted by atomic mass is 15.1. The molecule has 6 rings (SSSR count). The summed E-state index contributed by atoms with van der Waals surface area (Å²) in [6.45, 7) is 0. The first-order valence-electron chi connectivity index (χ1n) is 11.3. The summed E-state index contributed by atoms with van der Waals surface area (Å²) < 4.78 is 2.35. The van der Waals surface area contributed by atoms with E-state index in [-0.39, 0.29) is 0 Å². The molecule has 0 fully saturated rings. The van der Waals surface area contributed by atoms with Crippen LogP contribution in [0, 0.1) is 0 Å². The van der Waals surface area contributed by atoms with Crippen molar-refractivity contribution in [2.45, 2.75) is 0 Å². The summed E-state index contributed by atoms with van der Waals surface area (Å²) in [4.78, 5) is 2.29. The molecule has 0 amide bonds. The Morgan fingerprint density at radius 1 is 0.545 bits per heavy atom. The van der Waals surface area contributed by atoms with Crippen molar-refractivity contribution < 1.29 is 0 Å². The van der Waals surface area contributed by atoms with E-state index in [4.69, 9.17) is 0 Å². The summed E-state index contributed by atoms with van der Waals surface area (Å²) >= 11 is 0. The fourth-order valence-corrected chi connectivity index (χ4v) is 4.79. The Kier molecular flexibility index (Phi) is 4.70. The quantitative estimate of drug-likeness (QED) is 0.277. The highest BCUT2D eigenvalue weighted by Gasteiger charge is 2.15. The summed E-state index contributed by atoms with van der Waals surface area (Å²) in [7, 11) is 2.15. The number of nitrogens with zero attached hydrogens (tertiary/aromatic N) is 2. The predicted octanol–water partition coefficient (Wildman–Crippen LogP) is 8.22. The number of fused-ring (bicyclic) bond motifs is 3. The monoisotopic (exact) mass is 424 g/mol. The molecule has 2 nitrogen and oxygen atoms in total. The van der Waals surface area contributed by atoms with E-state index in [9.17, 15) is 0 Å². The van der Waals surface area contributed by atoms with Gasteiger partial charge in [0.05, 0.1) is 11.0 Å². The normalized spacial score (nSPS) is 11.2. The summed E-state index contributed by atoms with van der Waals surface area (Å²) in [6.07, 6.45) is 0. The lowest BCUT2D eigenvalue weighted by molar-refractivity contribution is 1.17. The zero-order chi connectivity index (χ0) is 22.2. The van der Waals surface area contributed by atoms with E-state index in [1.165, 1.54) is 50.0 Å². The zero-order valence-corrected chi connectivity index (χ0v) is 18.5. The van der Waals surface area contributed by atoms with Crippen LogP contribution in [0.25, 0.3) is 38.6 Å². The molecule has 2 heteroatoms. The molecule has 158 valence electrons. The molecule has 0 N–H and O–H groups in total. The first kappa shape index (κ1) is 19.4. The molecule has 0 unspecified atom stereocenters. The van der Waals surface area contributed by atoms with Crippen molar-refractivity contribution in [3.8, 4) is 16.8 Å². The Morgan fingerprint density at radius 3 is 2.00 bits per heavy atom. The predicted molar refractivity (Wildman–Crippen MR) is 141 cm³/mol. The molecule has 6 aromatic rings. The fraction of sp³-hybridized carbons (Fsp3) is 0.0323. The summed E-state index contributed by atoms with van der Waals surface area (Å²) in [5, 5.41) is 2.53. The molecule has 1 heterocycles. The number of aromatic nitrogens is 1. The number of benzene rings is 5. The Hall–Kier alpha value is -4.30. The lowest BCUT2D eigenvalue weighted by Gasteiger charge is -2.23. The Bertz CT molecular complexity index is 1560. The van der Waals surface area contributed by atoms with Gasteiger partial charge in [0, 0.05) is 40.4 Å². The van der Waals surface area contributed by atoms with E-state index in [0.717, 1.165) is 0 Å². The van der Waals surface area contributed by atoms with Crippen LogP contribution in [0.2, 0.25) is 0 Å². The minimum Gasteiger partial charge on any atom is -0.344 e. The molecule has 0 saturated heterocycles. The lowest BCUT2D eigenvalue weighted by Crippen LogP contribution is -2.10. The van der Waals surface area contributed by atoms with Crippen LogP contribution >= 0.6 is 0 Å². The summed E-state index contributed by atoms with van der Waals surface area (Å²) in [5.41, 5.74) is 8.43. The van der Waals surface area contributed by atoms with Crippen molar-refractivity contribution in [2.75, 3.05) is 11.9 Å². The number of hydrogen-bond donors (Lipinski definition) is 0. The lowest BCUT2D eigenvalue weighted by atomic mass is 10.0. The molecule has 5 aromatic carbocycles. The largest absolute Gasteiger partial charge is 0.344 e. The zero-order valence-electron chi connectivity index (χ0n) is 18.5. The van der Waals surface area contributed by atoms with E-state index in [1.54, 1.807) is 0 Å². The summed E-state index contributed by atoms with van der Waals surface area (Å²) in [6, 6.07) is 45.2. The average Bonchev–Trinajstić information content (AvgIpc) is 3.23. The van der Waals surface area contributed by atoms with E-state index >= 15 is 0 Å². The number of anilines is 2. The van der Waals surface area contributed by atoms with Gasteiger partial charge in [-0.1, -0.05) is 84.9 Å². The molecule has 0 radical (unpaired) electrons. The molecule has 0 aliphatic rings. The van der Waals surface area contributed by atoms with Crippen molar-refractivity contribution in [3.63, 3.8) is 0 Å². The van der Waals surface area contributed by atoms with Gasteiger partial charge < -0.3 is 9.47 Å². The van der Waals surface area contributed by atoms with Gasteiger partial charge in [-0.15, -0.1) is 0 Å². The number of rotatable bonds is 4. The Labute approximate surface area is 194 Å². The van der Waals surface area contributed by atoms with E-state index < -0.39 is 0 Å². The Morgan fingerprint density at radius 2 is 1.18 bits per heavy atom. The van der Waals surface area contributed by atoms with Crippen LogP contribution in [0.15, 0.2) is 127 Å². The molecular weight excluding hydrogens is 400 g/mol. The van der Waals surface area contributed by atoms with Gasteiger partial charge in [-0.2, -0.15) is 0 Å². The molecule has 33 heavy (non-hydrogen) atoms. The highest BCUT2D eigenvalue weighted by molar-refractivity contribution is 6.10. The standard InChI is InChI=1S/C31H24N2/c1-32(29-18-10-8-16-26(29)23-12-4-2-5-13-23)25-20-21-31-28(22-25)27-17-9-11-19-30(27)33(31)24-14-6-3-7-15-24/h2-22H,1H3. The fourth-order valence-electron chi connectivity index (χ4n) is 4.79. The molecular formula is C31H24N2. The van der Waals surface area contributed by atoms with Crippen LogP contribution in [0.5, 0.6) is 0 Å². The van der Waals surface area contributed by atoms with Crippen LogP contribution in [0.4, 0.5) is 11.4 Å². The topological polar surface area (TPSA) is 8.17 Å². The second-order valence-corrected chi connectivity index (χ2v) is 8.33. The molecule has 0 bridgehead atoms. The maximum Gasteiger partial charge on any atom is 0.0542 e. The van der Waals surface area contributed by atoms with Gasteiger partial charge in [0.2, 0.25) is 0 Å². The number of para-hydroxylation sites is 3. The van der Waals surface area contributed by atoms with E-state index in [2.05, 4.69) is 144 Å². The van der Waals surface area contributed by atoms with Crippen LogP contribution in [0.3, 0.4) is 0 Å². The third-order valence-electron chi connectivity index (χ3n) is 6.41. The van der Waals surface area contributed by atoms with Crippen LogP contribution in [-0.2, 0) is 0 Å². The highest BCUT2D eigenvalue weighted by Crippen LogP contribution is 2.38. The van der Waals surface area contributed by atoms with Crippen LogP contribution in [0.1, 0.15) is 0 Å². The minimum absolute atomic E-state index is 1.17. The first-order valence-corrected chi connectivity index (χ1v) is 11.3. The van der Waals surface area contributed by atoms with Crippen molar-refractivity contribution in [2.24, 2.45) is 0 Å². The van der Waals surface area contributed by atoms with Gasteiger partial charge in [0.25, 0.3) is 0 Å². The van der Waals surface area contributed by atoms with Gasteiger partial charge in [0.1, 0.15) is 0 Å². The number of hydrogen-bond acceptors (Lipinski definition) is 1. The van der Waals surface area contributed by atoms with Gasteiger partial charge in [0.15, 0.2) is 0 Å². The van der Waals surface area contributed by atoms with Crippen LogP contribution < -0.4 is 4.90 Å². The van der Waals surface area contributed by atoms with Gasteiger partial charge in [-0.05, 0) is 48.0 Å². The second kappa shape index (κ2) is 7.99. The Balaban J connectivity index is 1.53. The van der Waals surface area contributed by atoms with Crippen molar-refractivity contribution in [1.82, 2.24) is 4.57 Å². The third-order valence-corrected chi connectivity index (χ3v) is 6.41. The average molecular weight is 425 g/mol. The third kappa shape index (κ3) is 3.28. The van der Waals surface area contributed by atoms with Crippen molar-refractivity contribution in [3.05, 3.63) is 127 Å². The molecule has 0 atom stereocenters. The molecule has 0 aliphatic carbocycles. The molecule has 0 aliphatic heterocycles. The molecule has 0 saturated carbocycles. The molecule has 1 aromatic heterocycles. The first-order chi connectivity index (χ1) is 16.3. The van der Waals surface area contributed by atoms with E-state index in [1.807, 2.05) is 0 Å². The van der Waals surface area contributed by atoms with Gasteiger partial charge in [-0.25, -0.2) is 0 Å². The van der Waals surface area contributed by atoms with Crippen LogP contribution in [-0.4, -0.2) is 11.6 Å². The van der Waals surface area contributed by atoms with Gasteiger partial charge >= 0.3 is 0 Å². The smallest absolute Gasteiger partial charge is 0.0542 e. The molecule has 0 spiro atoms. The maximum atomic E-state index is 2.35.